The van der Waals surface area contributed by atoms with Crippen molar-refractivity contribution in [1.29, 1.82) is 0 Å². The van der Waals surface area contributed by atoms with E-state index in [1.165, 1.54) is 23.1 Å². The Labute approximate surface area is 120 Å². The van der Waals surface area contributed by atoms with Crippen molar-refractivity contribution in [3.8, 4) is 0 Å². The number of nitrogens with zero attached hydrogens (tertiary/aromatic N) is 1. The molecular weight excluding hydrogens is 286 g/mol. The molecule has 5 nitrogen and oxygen atoms in total. The maximum atomic E-state index is 11.3. The van der Waals surface area contributed by atoms with Gasteiger partial charge in [-0.1, -0.05) is 25.1 Å². The van der Waals surface area contributed by atoms with Crippen molar-refractivity contribution < 1.29 is 19.8 Å². The highest BCUT2D eigenvalue weighted by molar-refractivity contribution is 8.03. The van der Waals surface area contributed by atoms with E-state index in [0.717, 1.165) is 6.42 Å². The highest BCUT2D eigenvalue weighted by Crippen LogP contribution is 2.39. The molecule has 0 amide bonds. The Kier molecular flexibility index (Phi) is 5.37. The van der Waals surface area contributed by atoms with E-state index in [1.807, 2.05) is 6.92 Å². The minimum absolute atomic E-state index is 0.0678. The number of rotatable bonds is 7. The van der Waals surface area contributed by atoms with E-state index in [4.69, 9.17) is 5.11 Å². The summed E-state index contributed by atoms with van der Waals surface area (Å²) in [5.41, 5.74) is 0.666. The summed E-state index contributed by atoms with van der Waals surface area (Å²) in [6, 6.07) is 0. The van der Waals surface area contributed by atoms with Gasteiger partial charge in [0.25, 0.3) is 0 Å². The molecule has 1 heterocycles. The molecule has 0 fully saturated rings. The topological polar surface area (TPSA) is 87.5 Å². The molecule has 1 rings (SSSR count). The van der Waals surface area contributed by atoms with E-state index < -0.39 is 16.7 Å². The summed E-state index contributed by atoms with van der Waals surface area (Å²) in [7, 11) is 0. The van der Waals surface area contributed by atoms with Gasteiger partial charge in [-0.25, -0.2) is 4.98 Å². The number of carbonyl (C=O) groups is 2. The summed E-state index contributed by atoms with van der Waals surface area (Å²) in [4.78, 5) is 27.0. The van der Waals surface area contributed by atoms with Gasteiger partial charge in [-0.05, 0) is 20.3 Å². The van der Waals surface area contributed by atoms with Crippen LogP contribution in [0.3, 0.4) is 0 Å². The Hall–Kier alpha value is -1.08. The maximum absolute atomic E-state index is 11.3. The number of hydrogen-bond acceptors (Lipinski definition) is 5. The van der Waals surface area contributed by atoms with Crippen molar-refractivity contribution >= 4 is 35.0 Å². The van der Waals surface area contributed by atoms with Gasteiger partial charge < -0.3 is 10.2 Å². The second-order valence-electron chi connectivity index (χ2n) is 4.45. The summed E-state index contributed by atoms with van der Waals surface area (Å²) in [5, 5.41) is 18.1. The van der Waals surface area contributed by atoms with Gasteiger partial charge in [0.05, 0.1) is 12.1 Å². The Bertz CT molecular complexity index is 486. The van der Waals surface area contributed by atoms with Gasteiger partial charge in [0.2, 0.25) is 0 Å². The molecule has 1 aromatic heterocycles. The molecule has 2 N–H and O–H groups in total. The van der Waals surface area contributed by atoms with Crippen molar-refractivity contribution in [2.24, 2.45) is 0 Å². The first-order valence-electron chi connectivity index (χ1n) is 5.89. The number of carboxylic acids is 2. The standard InChI is InChI=1S/C12H17NO4S2/c1-4-5-12(3,10(16)17)19-11-13-7(2)8(18-11)6-9(14)15/h4-6H2,1-3H3,(H,14,15)(H,16,17). The van der Waals surface area contributed by atoms with Crippen LogP contribution in [-0.4, -0.2) is 31.9 Å². The molecule has 7 heteroatoms. The Balaban J connectivity index is 2.92. The molecule has 19 heavy (non-hydrogen) atoms. The zero-order chi connectivity index (χ0) is 14.6. The van der Waals surface area contributed by atoms with Crippen molar-refractivity contribution in [3.05, 3.63) is 10.6 Å². The maximum Gasteiger partial charge on any atom is 0.319 e. The number of aromatic nitrogens is 1. The van der Waals surface area contributed by atoms with Crippen LogP contribution >= 0.6 is 23.1 Å². The van der Waals surface area contributed by atoms with Gasteiger partial charge in [-0.2, -0.15) is 0 Å². The molecule has 0 saturated heterocycles. The predicted molar refractivity (Wildman–Crippen MR) is 75.0 cm³/mol. The van der Waals surface area contributed by atoms with Crippen LogP contribution in [0, 0.1) is 6.92 Å². The van der Waals surface area contributed by atoms with Gasteiger partial charge in [-0.15, -0.1) is 11.3 Å². The minimum Gasteiger partial charge on any atom is -0.481 e. The van der Waals surface area contributed by atoms with E-state index in [2.05, 4.69) is 4.98 Å². The van der Waals surface area contributed by atoms with Gasteiger partial charge in [0.1, 0.15) is 4.75 Å². The molecule has 0 aliphatic rings. The van der Waals surface area contributed by atoms with Crippen LogP contribution in [0.2, 0.25) is 0 Å². The summed E-state index contributed by atoms with van der Waals surface area (Å²) in [6.07, 6.45) is 1.24. The molecule has 0 spiro atoms. The first-order valence-corrected chi connectivity index (χ1v) is 7.52. The third-order valence-corrected chi connectivity index (χ3v) is 5.22. The third kappa shape index (κ3) is 4.21. The molecule has 0 bridgehead atoms. The number of aliphatic carboxylic acids is 2. The summed E-state index contributed by atoms with van der Waals surface area (Å²) >= 11 is 2.47. The number of carboxylic acid groups (broad SMARTS) is 2. The number of thiazole rings is 1. The lowest BCUT2D eigenvalue weighted by Gasteiger charge is -2.21. The second-order valence-corrected chi connectivity index (χ2v) is 7.28. The van der Waals surface area contributed by atoms with Crippen LogP contribution in [-0.2, 0) is 16.0 Å². The average molecular weight is 303 g/mol. The normalized spacial score (nSPS) is 14.1. The zero-order valence-corrected chi connectivity index (χ0v) is 12.7. The molecule has 1 unspecified atom stereocenters. The van der Waals surface area contributed by atoms with Crippen molar-refractivity contribution in [2.75, 3.05) is 0 Å². The fourth-order valence-electron chi connectivity index (χ4n) is 1.62. The number of hydrogen-bond donors (Lipinski definition) is 2. The van der Waals surface area contributed by atoms with E-state index in [-0.39, 0.29) is 6.42 Å². The molecule has 0 radical (unpaired) electrons. The number of thioether (sulfide) groups is 1. The van der Waals surface area contributed by atoms with Gasteiger partial charge >= 0.3 is 11.9 Å². The summed E-state index contributed by atoms with van der Waals surface area (Å²) in [5.74, 6) is -1.77. The highest BCUT2D eigenvalue weighted by Gasteiger charge is 2.34. The predicted octanol–water partition coefficient (Wildman–Crippen LogP) is 2.81. The monoisotopic (exact) mass is 303 g/mol. The van der Waals surface area contributed by atoms with Crippen LogP contribution < -0.4 is 0 Å². The van der Waals surface area contributed by atoms with Gasteiger partial charge in [-0.3, -0.25) is 9.59 Å². The van der Waals surface area contributed by atoms with Crippen LogP contribution in [0.4, 0.5) is 0 Å². The lowest BCUT2D eigenvalue weighted by Crippen LogP contribution is -2.30. The number of aryl methyl sites for hydroxylation is 1. The Morgan fingerprint density at radius 1 is 1.42 bits per heavy atom. The van der Waals surface area contributed by atoms with Crippen LogP contribution in [0.1, 0.15) is 37.3 Å². The second kappa shape index (κ2) is 6.38. The summed E-state index contributed by atoms with van der Waals surface area (Å²) in [6.45, 7) is 5.36. The fourth-order valence-corrected chi connectivity index (χ4v) is 4.38. The molecule has 1 aromatic rings. The van der Waals surface area contributed by atoms with E-state index in [1.54, 1.807) is 13.8 Å². The average Bonchev–Trinajstić information content (AvgIpc) is 2.58. The van der Waals surface area contributed by atoms with Crippen molar-refractivity contribution in [2.45, 2.75) is 49.1 Å². The quantitative estimate of drug-likeness (QED) is 0.753. The van der Waals surface area contributed by atoms with Crippen LogP contribution in [0.5, 0.6) is 0 Å². The lowest BCUT2D eigenvalue weighted by molar-refractivity contribution is -0.139. The lowest BCUT2D eigenvalue weighted by atomic mass is 10.1. The van der Waals surface area contributed by atoms with E-state index in [0.29, 0.717) is 21.3 Å². The van der Waals surface area contributed by atoms with E-state index in [9.17, 15) is 14.7 Å². The summed E-state index contributed by atoms with van der Waals surface area (Å²) < 4.78 is -0.299. The molecule has 0 aromatic carbocycles. The first-order chi connectivity index (χ1) is 8.78. The smallest absolute Gasteiger partial charge is 0.319 e. The molecule has 0 saturated carbocycles. The SMILES string of the molecule is CCCC(C)(Sc1nc(C)c(CC(=O)O)s1)C(=O)O. The fraction of sp³-hybridized carbons (Fsp3) is 0.583. The van der Waals surface area contributed by atoms with Gasteiger partial charge in [0.15, 0.2) is 4.34 Å². The highest BCUT2D eigenvalue weighted by atomic mass is 32.2. The first kappa shape index (κ1) is 16.0. The zero-order valence-electron chi connectivity index (χ0n) is 11.1. The van der Waals surface area contributed by atoms with Crippen molar-refractivity contribution in [3.63, 3.8) is 0 Å². The van der Waals surface area contributed by atoms with Crippen molar-refractivity contribution in [1.82, 2.24) is 4.98 Å². The largest absolute Gasteiger partial charge is 0.481 e. The Morgan fingerprint density at radius 3 is 2.53 bits per heavy atom. The molecule has 1 atom stereocenters. The van der Waals surface area contributed by atoms with Crippen LogP contribution in [0.15, 0.2) is 4.34 Å². The van der Waals surface area contributed by atoms with E-state index >= 15 is 0 Å². The molecular formula is C12H17NO4S2. The third-order valence-electron chi connectivity index (χ3n) is 2.68. The van der Waals surface area contributed by atoms with Gasteiger partial charge in [0, 0.05) is 4.88 Å². The molecule has 0 aliphatic carbocycles. The Morgan fingerprint density at radius 2 is 2.05 bits per heavy atom. The molecule has 0 aliphatic heterocycles. The minimum atomic E-state index is -0.917. The molecule has 106 valence electrons. The van der Waals surface area contributed by atoms with Crippen LogP contribution in [0.25, 0.3) is 0 Å².